The quantitative estimate of drug-likeness (QED) is 0.114. The molecule has 4 unspecified atom stereocenters. The molecule has 4 amide bonds. The first kappa shape index (κ1) is 28.0. The Bertz CT molecular complexity index is 890. The van der Waals surface area contributed by atoms with E-state index in [0.717, 1.165) is 0 Å². The molecule has 0 bridgehead atoms. The lowest BCUT2D eigenvalue weighted by molar-refractivity contribution is -0.143. The van der Waals surface area contributed by atoms with Crippen LogP contribution in [0.5, 0.6) is 0 Å². The summed E-state index contributed by atoms with van der Waals surface area (Å²) in [5.74, 6) is -6.55. The monoisotopic (exact) mass is 485 g/mol. The molecule has 11 N–H and O–H groups in total. The lowest BCUT2D eigenvalue weighted by Gasteiger charge is -2.24. The zero-order chi connectivity index (χ0) is 25.8. The molecule has 1 aromatic heterocycles. The van der Waals surface area contributed by atoms with Gasteiger partial charge in [0, 0.05) is 24.7 Å². The summed E-state index contributed by atoms with van der Waals surface area (Å²) in [5.41, 5.74) is 11.0. The van der Waals surface area contributed by atoms with Crippen molar-refractivity contribution >= 4 is 35.6 Å². The van der Waals surface area contributed by atoms with E-state index in [9.17, 15) is 33.9 Å². The largest absolute Gasteiger partial charge is 0.481 e. The fourth-order valence-corrected chi connectivity index (χ4v) is 2.68. The number of primary amides is 1. The molecule has 0 radical (unpaired) electrons. The maximum absolute atomic E-state index is 12.8. The molecule has 0 aliphatic heterocycles. The Balaban J connectivity index is 2.92. The number of nitrogens with zero attached hydrogens (tertiary/aromatic N) is 1. The van der Waals surface area contributed by atoms with E-state index >= 15 is 0 Å². The molecule has 0 spiro atoms. The third-order valence-corrected chi connectivity index (χ3v) is 4.45. The van der Waals surface area contributed by atoms with Gasteiger partial charge in [-0.25, -0.2) is 9.78 Å². The highest BCUT2D eigenvalue weighted by atomic mass is 16.4. The van der Waals surface area contributed by atoms with Gasteiger partial charge in [-0.2, -0.15) is 0 Å². The van der Waals surface area contributed by atoms with E-state index in [0.29, 0.717) is 5.69 Å². The maximum Gasteiger partial charge on any atom is 0.326 e. The average Bonchev–Trinajstić information content (AvgIpc) is 3.26. The van der Waals surface area contributed by atoms with Crippen LogP contribution in [-0.4, -0.2) is 91.6 Å². The number of aliphatic hydroxyl groups is 1. The Labute approximate surface area is 192 Å². The second-order valence-corrected chi connectivity index (χ2v) is 7.19. The molecular formula is C18H27N7O9. The van der Waals surface area contributed by atoms with Gasteiger partial charge in [0.25, 0.3) is 0 Å². The van der Waals surface area contributed by atoms with Crippen molar-refractivity contribution in [3.05, 3.63) is 18.2 Å². The number of rotatable bonds is 15. The molecule has 1 rings (SSSR count). The predicted octanol–water partition coefficient (Wildman–Crippen LogP) is -4.45. The van der Waals surface area contributed by atoms with Crippen molar-refractivity contribution in [1.82, 2.24) is 25.9 Å². The molecular weight excluding hydrogens is 458 g/mol. The lowest BCUT2D eigenvalue weighted by atomic mass is 10.1. The van der Waals surface area contributed by atoms with Crippen molar-refractivity contribution in [2.45, 2.75) is 49.9 Å². The first-order valence-corrected chi connectivity index (χ1v) is 9.92. The Morgan fingerprint density at radius 3 is 2.06 bits per heavy atom. The van der Waals surface area contributed by atoms with Crippen molar-refractivity contribution in [3.63, 3.8) is 0 Å². The summed E-state index contributed by atoms with van der Waals surface area (Å²) in [6.45, 7) is -0.936. The van der Waals surface area contributed by atoms with Gasteiger partial charge in [0.1, 0.15) is 18.1 Å². The molecule has 0 aliphatic rings. The summed E-state index contributed by atoms with van der Waals surface area (Å²) < 4.78 is 0. The van der Waals surface area contributed by atoms with Gasteiger partial charge in [-0.1, -0.05) is 0 Å². The van der Waals surface area contributed by atoms with Gasteiger partial charge in [0.2, 0.25) is 23.6 Å². The van der Waals surface area contributed by atoms with Crippen LogP contribution in [0.3, 0.4) is 0 Å². The number of aromatic nitrogens is 2. The van der Waals surface area contributed by atoms with Crippen LogP contribution in [0, 0.1) is 0 Å². The molecule has 0 fully saturated rings. The van der Waals surface area contributed by atoms with Crippen molar-refractivity contribution in [2.75, 3.05) is 6.61 Å². The number of aliphatic carboxylic acids is 2. The molecule has 1 heterocycles. The standard InChI is InChI=1S/C18H27N7O9/c19-9(4-13(20)27)15(30)24-11(3-8-5-21-7-22-8)16(31)25-12(6-26)17(32)23-10(18(33)34)1-2-14(28)29/h5,7,9-12,26H,1-4,6,19H2,(H2,20,27)(H,21,22)(H,23,32)(H,24,30)(H,25,31)(H,28,29)(H,33,34). The summed E-state index contributed by atoms with van der Waals surface area (Å²) in [6, 6.07) is -5.89. The number of imidazole rings is 1. The summed E-state index contributed by atoms with van der Waals surface area (Å²) >= 11 is 0. The number of carbonyl (C=O) groups is 6. The van der Waals surface area contributed by atoms with Gasteiger partial charge in [-0.15, -0.1) is 0 Å². The number of carboxylic acid groups (broad SMARTS) is 2. The number of H-pyrrole nitrogens is 1. The van der Waals surface area contributed by atoms with Gasteiger partial charge in [-0.05, 0) is 6.42 Å². The van der Waals surface area contributed by atoms with E-state index in [4.69, 9.17) is 21.7 Å². The molecule has 4 atom stereocenters. The molecule has 34 heavy (non-hydrogen) atoms. The second-order valence-electron chi connectivity index (χ2n) is 7.19. The topological polar surface area (TPSA) is 280 Å². The van der Waals surface area contributed by atoms with Crippen LogP contribution in [0.25, 0.3) is 0 Å². The van der Waals surface area contributed by atoms with E-state index in [1.54, 1.807) is 0 Å². The minimum atomic E-state index is -1.63. The maximum atomic E-state index is 12.8. The number of aliphatic hydroxyl groups excluding tert-OH is 1. The van der Waals surface area contributed by atoms with Gasteiger partial charge in [0.05, 0.1) is 25.4 Å². The highest BCUT2D eigenvalue weighted by Gasteiger charge is 2.30. The molecule has 188 valence electrons. The minimum absolute atomic E-state index is 0.142. The average molecular weight is 485 g/mol. The first-order valence-electron chi connectivity index (χ1n) is 9.92. The number of nitrogens with two attached hydrogens (primary N) is 2. The van der Waals surface area contributed by atoms with Gasteiger partial charge in [-0.3, -0.25) is 24.0 Å². The van der Waals surface area contributed by atoms with Crippen LogP contribution < -0.4 is 27.4 Å². The van der Waals surface area contributed by atoms with Crippen LogP contribution in [-0.2, 0) is 35.2 Å². The van der Waals surface area contributed by atoms with E-state index in [1.807, 2.05) is 5.32 Å². The lowest BCUT2D eigenvalue weighted by Crippen LogP contribution is -2.58. The highest BCUT2D eigenvalue weighted by Crippen LogP contribution is 2.03. The Kier molecular flexibility index (Phi) is 11.1. The molecule has 16 heteroatoms. The summed E-state index contributed by atoms with van der Waals surface area (Å²) in [7, 11) is 0. The smallest absolute Gasteiger partial charge is 0.326 e. The van der Waals surface area contributed by atoms with Gasteiger partial charge in [0.15, 0.2) is 0 Å². The summed E-state index contributed by atoms with van der Waals surface area (Å²) in [4.78, 5) is 76.9. The van der Waals surface area contributed by atoms with Crippen molar-refractivity contribution < 1.29 is 44.1 Å². The molecule has 0 saturated carbocycles. The minimum Gasteiger partial charge on any atom is -0.481 e. The Hall–Kier alpha value is -4.05. The molecule has 16 nitrogen and oxygen atoms in total. The highest BCUT2D eigenvalue weighted by molar-refractivity contribution is 5.95. The number of carbonyl (C=O) groups excluding carboxylic acids is 4. The van der Waals surface area contributed by atoms with Crippen LogP contribution in [0.2, 0.25) is 0 Å². The van der Waals surface area contributed by atoms with E-state index in [-0.39, 0.29) is 6.42 Å². The Morgan fingerprint density at radius 1 is 0.971 bits per heavy atom. The number of carboxylic acids is 2. The zero-order valence-electron chi connectivity index (χ0n) is 17.9. The summed E-state index contributed by atoms with van der Waals surface area (Å²) in [5, 5.41) is 33.9. The first-order chi connectivity index (χ1) is 15.9. The third-order valence-electron chi connectivity index (χ3n) is 4.45. The zero-order valence-corrected chi connectivity index (χ0v) is 17.9. The van der Waals surface area contributed by atoms with Gasteiger partial charge < -0.3 is 47.7 Å². The molecule has 1 aromatic rings. The third kappa shape index (κ3) is 9.61. The normalized spacial score (nSPS) is 14.2. The van der Waals surface area contributed by atoms with E-state index < -0.39 is 85.6 Å². The molecule has 0 aliphatic carbocycles. The predicted molar refractivity (Wildman–Crippen MR) is 111 cm³/mol. The van der Waals surface area contributed by atoms with Gasteiger partial charge >= 0.3 is 11.9 Å². The number of amides is 4. The van der Waals surface area contributed by atoms with E-state index in [1.165, 1.54) is 12.5 Å². The number of aromatic amines is 1. The number of hydrogen-bond acceptors (Lipinski definition) is 9. The summed E-state index contributed by atoms with van der Waals surface area (Å²) in [6.07, 6.45) is 1.08. The molecule has 0 saturated heterocycles. The Morgan fingerprint density at radius 2 is 1.56 bits per heavy atom. The second kappa shape index (κ2) is 13.5. The fourth-order valence-electron chi connectivity index (χ4n) is 2.68. The molecule has 0 aromatic carbocycles. The SMILES string of the molecule is NC(=O)CC(N)C(=O)NC(Cc1cnc[nH]1)C(=O)NC(CO)C(=O)NC(CCC(=O)O)C(=O)O. The van der Waals surface area contributed by atoms with E-state index in [2.05, 4.69) is 20.6 Å². The van der Waals surface area contributed by atoms with Crippen LogP contribution in [0.15, 0.2) is 12.5 Å². The number of hydrogen-bond donors (Lipinski definition) is 9. The van der Waals surface area contributed by atoms with Crippen molar-refractivity contribution in [1.29, 1.82) is 0 Å². The van der Waals surface area contributed by atoms with Crippen LogP contribution in [0.1, 0.15) is 25.0 Å². The van der Waals surface area contributed by atoms with Crippen LogP contribution in [0.4, 0.5) is 0 Å². The fraction of sp³-hybridized carbons (Fsp3) is 0.500. The van der Waals surface area contributed by atoms with Crippen molar-refractivity contribution in [3.8, 4) is 0 Å². The van der Waals surface area contributed by atoms with Crippen molar-refractivity contribution in [2.24, 2.45) is 11.5 Å². The van der Waals surface area contributed by atoms with Crippen LogP contribution >= 0.6 is 0 Å². The number of nitrogens with one attached hydrogen (secondary N) is 4.